The minimum absolute atomic E-state index is 0.481. The third-order valence-corrected chi connectivity index (χ3v) is 5.36. The number of esters is 1. The van der Waals surface area contributed by atoms with Gasteiger partial charge in [-0.05, 0) is 59.0 Å². The first-order valence-corrected chi connectivity index (χ1v) is 10.3. The molecule has 0 saturated heterocycles. The predicted octanol–water partition coefficient (Wildman–Crippen LogP) is 6.68. The van der Waals surface area contributed by atoms with Crippen LogP contribution in [-0.2, 0) is 4.79 Å². The van der Waals surface area contributed by atoms with Crippen LogP contribution < -0.4 is 4.74 Å². The predicted molar refractivity (Wildman–Crippen MR) is 126 cm³/mol. The van der Waals surface area contributed by atoms with Crippen LogP contribution >= 0.6 is 11.6 Å². The lowest BCUT2D eigenvalue weighted by Gasteiger charge is -2.19. The molecule has 0 aliphatic rings. The van der Waals surface area contributed by atoms with Crippen molar-refractivity contribution >= 4 is 39.6 Å². The molecule has 1 N–H and O–H groups in total. The Kier molecular flexibility index (Phi) is 6.01. The van der Waals surface area contributed by atoms with Gasteiger partial charge in [0.25, 0.3) is 0 Å². The number of rotatable bonds is 6. The number of carbonyl (C=O) groups excluding carboxylic acids is 1. The lowest BCUT2D eigenvalue weighted by molar-refractivity contribution is -0.128. The van der Waals surface area contributed by atoms with Crippen molar-refractivity contribution in [1.82, 2.24) is 10.2 Å². The van der Waals surface area contributed by atoms with Gasteiger partial charge in [0.2, 0.25) is 0 Å². The summed E-state index contributed by atoms with van der Waals surface area (Å²) >= 11 is 6.13. The number of aromatic nitrogens is 2. The number of para-hydroxylation sites is 1. The van der Waals surface area contributed by atoms with E-state index in [2.05, 4.69) is 29.8 Å². The number of ether oxygens (including phenoxy) is 1. The average molecular weight is 429 g/mol. The number of fused-ring (bicyclic) bond motifs is 1. The van der Waals surface area contributed by atoms with Crippen molar-refractivity contribution in [3.63, 3.8) is 0 Å². The monoisotopic (exact) mass is 428 g/mol. The summed E-state index contributed by atoms with van der Waals surface area (Å²) < 4.78 is 5.59. The quantitative estimate of drug-likeness (QED) is 0.161. The summed E-state index contributed by atoms with van der Waals surface area (Å²) in [5, 5.41) is 8.81. The standard InChI is InChI=1S/C26H21ClN2O2/c1-3-21(17-9-12-20(27)13-10-17)26(18-11-14-23-19(15-18)16-28-29-23)22-7-5-6-8-24(22)31-25(30)4-2/h4-16H,2-3H2,1H3,(H,28,29)/b26-21+. The SMILES string of the molecule is C=CC(=O)Oc1ccccc1/C(=C(\CC)c1ccc(Cl)cc1)c1ccc2[nH]ncc2c1. The van der Waals surface area contributed by atoms with Crippen LogP contribution in [0, 0.1) is 0 Å². The molecule has 5 heteroatoms. The van der Waals surface area contributed by atoms with E-state index >= 15 is 0 Å². The summed E-state index contributed by atoms with van der Waals surface area (Å²) in [5.41, 5.74) is 5.94. The molecule has 31 heavy (non-hydrogen) atoms. The van der Waals surface area contributed by atoms with E-state index in [1.807, 2.05) is 54.6 Å². The maximum Gasteiger partial charge on any atom is 0.335 e. The average Bonchev–Trinajstić information content (AvgIpc) is 3.26. The molecule has 0 atom stereocenters. The second kappa shape index (κ2) is 9.02. The second-order valence-corrected chi connectivity index (χ2v) is 7.44. The first kappa shape index (κ1) is 20.6. The van der Waals surface area contributed by atoms with E-state index in [0.717, 1.165) is 51.2 Å². The molecular weight excluding hydrogens is 408 g/mol. The van der Waals surface area contributed by atoms with E-state index in [1.54, 1.807) is 12.3 Å². The molecule has 1 aromatic heterocycles. The number of hydrogen-bond acceptors (Lipinski definition) is 3. The Bertz CT molecular complexity index is 1290. The summed E-state index contributed by atoms with van der Waals surface area (Å²) in [4.78, 5) is 12.0. The smallest absolute Gasteiger partial charge is 0.335 e. The van der Waals surface area contributed by atoms with Crippen molar-refractivity contribution in [1.29, 1.82) is 0 Å². The van der Waals surface area contributed by atoms with Crippen molar-refractivity contribution in [3.8, 4) is 5.75 Å². The fraction of sp³-hybridized carbons (Fsp3) is 0.0769. The molecule has 0 radical (unpaired) electrons. The Balaban J connectivity index is 2.01. The highest BCUT2D eigenvalue weighted by Gasteiger charge is 2.18. The van der Waals surface area contributed by atoms with Crippen molar-refractivity contribution in [2.24, 2.45) is 0 Å². The number of nitrogens with one attached hydrogen (secondary N) is 1. The number of allylic oxidation sites excluding steroid dienone is 1. The molecule has 1 heterocycles. The number of H-pyrrole nitrogens is 1. The number of aromatic amines is 1. The number of halogens is 1. The van der Waals surface area contributed by atoms with Crippen LogP contribution in [0.5, 0.6) is 5.75 Å². The third kappa shape index (κ3) is 4.30. The first-order chi connectivity index (χ1) is 15.1. The maximum atomic E-state index is 12.0. The number of carbonyl (C=O) groups is 1. The van der Waals surface area contributed by atoms with Crippen LogP contribution in [0.15, 0.2) is 85.6 Å². The van der Waals surface area contributed by atoms with Crippen LogP contribution in [0.25, 0.3) is 22.0 Å². The number of nitrogens with zero attached hydrogens (tertiary/aromatic N) is 1. The van der Waals surface area contributed by atoms with Crippen molar-refractivity contribution in [2.75, 3.05) is 0 Å². The van der Waals surface area contributed by atoms with Gasteiger partial charge in [-0.15, -0.1) is 0 Å². The Hall–Kier alpha value is -3.63. The number of hydrogen-bond donors (Lipinski definition) is 1. The Morgan fingerprint density at radius 2 is 1.84 bits per heavy atom. The van der Waals surface area contributed by atoms with E-state index in [1.165, 1.54) is 0 Å². The van der Waals surface area contributed by atoms with Crippen LogP contribution in [0.2, 0.25) is 5.02 Å². The fourth-order valence-electron chi connectivity index (χ4n) is 3.68. The largest absolute Gasteiger partial charge is 0.423 e. The zero-order valence-electron chi connectivity index (χ0n) is 17.1. The zero-order chi connectivity index (χ0) is 21.8. The highest BCUT2D eigenvalue weighted by Crippen LogP contribution is 2.39. The van der Waals surface area contributed by atoms with Crippen LogP contribution in [0.3, 0.4) is 0 Å². The summed E-state index contributed by atoms with van der Waals surface area (Å²) in [6, 6.07) is 21.5. The Morgan fingerprint density at radius 1 is 1.10 bits per heavy atom. The van der Waals surface area contributed by atoms with E-state index < -0.39 is 5.97 Å². The van der Waals surface area contributed by atoms with Gasteiger partial charge in [0.1, 0.15) is 5.75 Å². The molecule has 0 aliphatic heterocycles. The molecule has 4 aromatic rings. The Morgan fingerprint density at radius 3 is 2.58 bits per heavy atom. The minimum atomic E-state index is -0.498. The van der Waals surface area contributed by atoms with Gasteiger partial charge in [-0.25, -0.2) is 4.79 Å². The third-order valence-electron chi connectivity index (χ3n) is 5.11. The topological polar surface area (TPSA) is 55.0 Å². The normalized spacial score (nSPS) is 11.8. The van der Waals surface area contributed by atoms with Gasteiger partial charge in [-0.1, -0.05) is 61.5 Å². The lowest BCUT2D eigenvalue weighted by atomic mass is 9.87. The fourth-order valence-corrected chi connectivity index (χ4v) is 3.81. The Labute approximate surface area is 185 Å². The molecule has 0 spiro atoms. The summed E-state index contributed by atoms with van der Waals surface area (Å²) in [6.45, 7) is 5.63. The molecule has 0 bridgehead atoms. The van der Waals surface area contributed by atoms with Gasteiger partial charge < -0.3 is 4.74 Å². The zero-order valence-corrected chi connectivity index (χ0v) is 17.8. The summed E-state index contributed by atoms with van der Waals surface area (Å²) in [5.74, 6) is -0.0174. The van der Waals surface area contributed by atoms with Crippen molar-refractivity contribution in [2.45, 2.75) is 13.3 Å². The van der Waals surface area contributed by atoms with E-state index in [9.17, 15) is 4.79 Å². The molecule has 4 rings (SSSR count). The van der Waals surface area contributed by atoms with Gasteiger partial charge in [-0.3, -0.25) is 5.10 Å². The number of benzene rings is 3. The summed E-state index contributed by atoms with van der Waals surface area (Å²) in [7, 11) is 0. The van der Waals surface area contributed by atoms with Crippen molar-refractivity contribution < 1.29 is 9.53 Å². The molecule has 4 nitrogen and oxygen atoms in total. The van der Waals surface area contributed by atoms with E-state index in [-0.39, 0.29) is 0 Å². The van der Waals surface area contributed by atoms with Gasteiger partial charge in [-0.2, -0.15) is 5.10 Å². The molecular formula is C26H21ClN2O2. The van der Waals surface area contributed by atoms with Crippen LogP contribution in [0.1, 0.15) is 30.0 Å². The minimum Gasteiger partial charge on any atom is -0.423 e. The molecule has 0 aliphatic carbocycles. The van der Waals surface area contributed by atoms with Crippen LogP contribution in [0.4, 0.5) is 0 Å². The molecule has 0 amide bonds. The van der Waals surface area contributed by atoms with Gasteiger partial charge in [0, 0.05) is 22.0 Å². The first-order valence-electron chi connectivity index (χ1n) is 9.97. The lowest BCUT2D eigenvalue weighted by Crippen LogP contribution is -2.06. The highest BCUT2D eigenvalue weighted by atomic mass is 35.5. The summed E-state index contributed by atoms with van der Waals surface area (Å²) in [6.07, 6.45) is 3.73. The molecule has 0 unspecified atom stereocenters. The second-order valence-electron chi connectivity index (χ2n) is 7.01. The van der Waals surface area contributed by atoms with Crippen LogP contribution in [-0.4, -0.2) is 16.2 Å². The molecule has 0 fully saturated rings. The van der Waals surface area contributed by atoms with Gasteiger partial charge in [0.15, 0.2) is 0 Å². The molecule has 3 aromatic carbocycles. The highest BCUT2D eigenvalue weighted by molar-refractivity contribution is 6.30. The maximum absolute atomic E-state index is 12.0. The van der Waals surface area contributed by atoms with Gasteiger partial charge >= 0.3 is 5.97 Å². The van der Waals surface area contributed by atoms with Crippen molar-refractivity contribution in [3.05, 3.63) is 107 Å². The molecule has 154 valence electrons. The molecule has 0 saturated carbocycles. The van der Waals surface area contributed by atoms with E-state index in [0.29, 0.717) is 10.8 Å². The van der Waals surface area contributed by atoms with E-state index in [4.69, 9.17) is 16.3 Å². The van der Waals surface area contributed by atoms with Gasteiger partial charge in [0.05, 0.1) is 11.7 Å².